The smallest absolute Gasteiger partial charge is 0.336 e. The van der Waals surface area contributed by atoms with Crippen molar-refractivity contribution in [1.29, 1.82) is 0 Å². The number of hydrogen-bond acceptors (Lipinski definition) is 4. The fourth-order valence-electron chi connectivity index (χ4n) is 3.66. The van der Waals surface area contributed by atoms with E-state index in [1.807, 2.05) is 33.8 Å². The maximum Gasteiger partial charge on any atom is 0.336 e. The first kappa shape index (κ1) is 22.5. The van der Waals surface area contributed by atoms with E-state index in [2.05, 4.69) is 0 Å². The van der Waals surface area contributed by atoms with Crippen LogP contribution in [0.25, 0.3) is 0 Å². The molecule has 5 nitrogen and oxygen atoms in total. The number of allylic oxidation sites excluding steroid dienone is 3. The zero-order chi connectivity index (χ0) is 21.8. The molecule has 1 unspecified atom stereocenters. The van der Waals surface area contributed by atoms with Gasteiger partial charge in [-0.1, -0.05) is 32.4 Å². The molecule has 29 heavy (non-hydrogen) atoms. The van der Waals surface area contributed by atoms with Gasteiger partial charge in [0.1, 0.15) is 11.5 Å². The molecular weight excluding hydrogens is 368 g/mol. The lowest BCUT2D eigenvalue weighted by molar-refractivity contribution is -0.132. The molecule has 0 saturated carbocycles. The summed E-state index contributed by atoms with van der Waals surface area (Å²) in [5, 5.41) is 9.62. The van der Waals surface area contributed by atoms with Crippen LogP contribution >= 0.6 is 0 Å². The number of carbonyl (C=O) groups excluding carboxylic acids is 1. The van der Waals surface area contributed by atoms with Crippen molar-refractivity contribution in [2.75, 3.05) is 13.7 Å². The quantitative estimate of drug-likeness (QED) is 0.482. The maximum atomic E-state index is 12.7. The molecule has 0 aromatic heterocycles. The number of carbonyl (C=O) groups is 2. The second-order valence-electron chi connectivity index (χ2n) is 7.79. The molecule has 0 spiro atoms. The molecule has 1 atom stereocenters. The molecular formula is C24H30O5. The maximum absolute atomic E-state index is 12.7. The Morgan fingerprint density at radius 1 is 1.17 bits per heavy atom. The summed E-state index contributed by atoms with van der Waals surface area (Å²) in [6.45, 7) is 10.2. The average Bonchev–Trinajstić information content (AvgIpc) is 2.68. The van der Waals surface area contributed by atoms with Crippen molar-refractivity contribution in [3.05, 3.63) is 64.5 Å². The zero-order valence-electron chi connectivity index (χ0n) is 18.0. The molecule has 0 heterocycles. The number of methoxy groups -OCH3 is 1. The second kappa shape index (κ2) is 9.12. The van der Waals surface area contributed by atoms with Gasteiger partial charge < -0.3 is 14.6 Å². The molecule has 2 rings (SSSR count). The van der Waals surface area contributed by atoms with Crippen molar-refractivity contribution in [3.8, 4) is 5.75 Å². The summed E-state index contributed by atoms with van der Waals surface area (Å²) >= 11 is 0. The van der Waals surface area contributed by atoms with Gasteiger partial charge in [-0.05, 0) is 56.0 Å². The number of carboxylic acid groups (broad SMARTS) is 1. The third kappa shape index (κ3) is 4.61. The van der Waals surface area contributed by atoms with Crippen LogP contribution in [0, 0.1) is 11.3 Å². The normalized spacial score (nSPS) is 18.9. The van der Waals surface area contributed by atoms with Crippen LogP contribution in [0.1, 0.15) is 51.4 Å². The Labute approximate surface area is 172 Å². The summed E-state index contributed by atoms with van der Waals surface area (Å²) in [7, 11) is 1.53. The molecule has 0 aliphatic heterocycles. The zero-order valence-corrected chi connectivity index (χ0v) is 18.0. The highest BCUT2D eigenvalue weighted by Crippen LogP contribution is 2.48. The van der Waals surface area contributed by atoms with Crippen molar-refractivity contribution in [1.82, 2.24) is 0 Å². The molecule has 156 valence electrons. The standard InChI is InChI=1S/C24H30O5/c1-7-14-29-18-10-8-17(9-11-18)20(25)13-12-19-22(28-6)15(2)21(23(26)27)16(3)24(19,4)5/h8-13,19H,7,14H2,1-6H3,(H,26,27). The Bertz CT molecular complexity index is 869. The first-order chi connectivity index (χ1) is 13.6. The Morgan fingerprint density at radius 3 is 2.31 bits per heavy atom. The number of aliphatic carboxylic acids is 1. The predicted octanol–water partition coefficient (Wildman–Crippen LogP) is 5.19. The molecule has 5 heteroatoms. The molecule has 1 aliphatic carbocycles. The van der Waals surface area contributed by atoms with E-state index in [9.17, 15) is 14.7 Å². The molecule has 1 aliphatic rings. The third-order valence-electron chi connectivity index (χ3n) is 5.63. The van der Waals surface area contributed by atoms with Gasteiger partial charge in [0.15, 0.2) is 5.78 Å². The van der Waals surface area contributed by atoms with E-state index < -0.39 is 11.4 Å². The van der Waals surface area contributed by atoms with E-state index in [0.29, 0.717) is 23.5 Å². The number of ketones is 1. The summed E-state index contributed by atoms with van der Waals surface area (Å²) in [5.41, 5.74) is 1.70. The molecule has 0 amide bonds. The largest absolute Gasteiger partial charge is 0.500 e. The average molecular weight is 398 g/mol. The van der Waals surface area contributed by atoms with Crippen LogP contribution in [0.2, 0.25) is 0 Å². The molecule has 0 fully saturated rings. The summed E-state index contributed by atoms with van der Waals surface area (Å²) in [6.07, 6.45) is 4.28. The predicted molar refractivity (Wildman–Crippen MR) is 113 cm³/mol. The summed E-state index contributed by atoms with van der Waals surface area (Å²) < 4.78 is 11.1. The Balaban J connectivity index is 2.31. The fraction of sp³-hybridized carbons (Fsp3) is 0.417. The lowest BCUT2D eigenvalue weighted by Crippen LogP contribution is -2.33. The lowest BCUT2D eigenvalue weighted by Gasteiger charge is -2.40. The Hall–Kier alpha value is -2.82. The van der Waals surface area contributed by atoms with Crippen molar-refractivity contribution in [2.24, 2.45) is 11.3 Å². The van der Waals surface area contributed by atoms with Crippen molar-refractivity contribution in [3.63, 3.8) is 0 Å². The highest BCUT2D eigenvalue weighted by Gasteiger charge is 2.41. The van der Waals surface area contributed by atoms with Crippen LogP contribution in [0.4, 0.5) is 0 Å². The van der Waals surface area contributed by atoms with Gasteiger partial charge in [-0.25, -0.2) is 4.79 Å². The van der Waals surface area contributed by atoms with Gasteiger partial charge in [0.05, 0.1) is 19.3 Å². The van der Waals surface area contributed by atoms with Crippen LogP contribution < -0.4 is 4.74 Å². The second-order valence-corrected chi connectivity index (χ2v) is 7.79. The van der Waals surface area contributed by atoms with E-state index >= 15 is 0 Å². The van der Waals surface area contributed by atoms with Gasteiger partial charge in [0.25, 0.3) is 0 Å². The number of ether oxygens (including phenoxy) is 2. The topological polar surface area (TPSA) is 72.8 Å². The third-order valence-corrected chi connectivity index (χ3v) is 5.63. The van der Waals surface area contributed by atoms with E-state index in [1.165, 1.54) is 7.11 Å². The molecule has 0 radical (unpaired) electrons. The minimum Gasteiger partial charge on any atom is -0.500 e. The first-order valence-electron chi connectivity index (χ1n) is 9.80. The van der Waals surface area contributed by atoms with Gasteiger partial charge in [-0.15, -0.1) is 0 Å². The van der Waals surface area contributed by atoms with E-state index in [1.54, 1.807) is 37.3 Å². The summed E-state index contributed by atoms with van der Waals surface area (Å²) in [6, 6.07) is 7.07. The van der Waals surface area contributed by atoms with Crippen LogP contribution in [0.5, 0.6) is 5.75 Å². The number of hydrogen-bond donors (Lipinski definition) is 1. The minimum atomic E-state index is -0.966. The first-order valence-corrected chi connectivity index (χ1v) is 9.80. The molecule has 1 aromatic carbocycles. The minimum absolute atomic E-state index is 0.124. The summed E-state index contributed by atoms with van der Waals surface area (Å²) in [4.78, 5) is 24.4. The van der Waals surface area contributed by atoms with Crippen LogP contribution in [-0.4, -0.2) is 30.6 Å². The fourth-order valence-corrected chi connectivity index (χ4v) is 3.66. The number of rotatable bonds is 8. The van der Waals surface area contributed by atoms with Gasteiger partial charge >= 0.3 is 5.97 Å². The highest BCUT2D eigenvalue weighted by atomic mass is 16.5. The van der Waals surface area contributed by atoms with Gasteiger partial charge in [-0.2, -0.15) is 0 Å². The van der Waals surface area contributed by atoms with Crippen LogP contribution in [0.15, 0.2) is 58.9 Å². The van der Waals surface area contributed by atoms with E-state index in [0.717, 1.165) is 17.7 Å². The SMILES string of the molecule is CCCOc1ccc(C(=O)C=CC2C(OC)=C(C)C(C(=O)O)=C(C)C2(C)C)cc1. The van der Waals surface area contributed by atoms with Crippen LogP contribution in [-0.2, 0) is 9.53 Å². The molecule has 1 N–H and O–H groups in total. The molecule has 0 bridgehead atoms. The molecule has 1 aromatic rings. The van der Waals surface area contributed by atoms with Gasteiger partial charge in [0.2, 0.25) is 0 Å². The lowest BCUT2D eigenvalue weighted by atomic mass is 9.66. The van der Waals surface area contributed by atoms with Gasteiger partial charge in [0, 0.05) is 17.1 Å². The monoisotopic (exact) mass is 398 g/mol. The summed E-state index contributed by atoms with van der Waals surface area (Å²) in [5.74, 6) is -0.0202. The Morgan fingerprint density at radius 2 is 1.79 bits per heavy atom. The highest BCUT2D eigenvalue weighted by molar-refractivity contribution is 6.04. The van der Waals surface area contributed by atoms with Crippen molar-refractivity contribution >= 4 is 11.8 Å². The van der Waals surface area contributed by atoms with Crippen molar-refractivity contribution in [2.45, 2.75) is 41.0 Å². The Kier molecular flexibility index (Phi) is 7.07. The van der Waals surface area contributed by atoms with E-state index in [4.69, 9.17) is 9.47 Å². The number of benzene rings is 1. The van der Waals surface area contributed by atoms with Gasteiger partial charge in [-0.3, -0.25) is 4.79 Å². The number of carboxylic acids is 1. The van der Waals surface area contributed by atoms with E-state index in [-0.39, 0.29) is 17.3 Å². The van der Waals surface area contributed by atoms with Crippen LogP contribution in [0.3, 0.4) is 0 Å². The molecule has 0 saturated heterocycles. The van der Waals surface area contributed by atoms with Crippen molar-refractivity contribution < 1.29 is 24.2 Å².